The van der Waals surface area contributed by atoms with Gasteiger partial charge in [0.2, 0.25) is 11.6 Å². The quantitative estimate of drug-likeness (QED) is 0.213. The lowest BCUT2D eigenvalue weighted by molar-refractivity contribution is 0.278. The van der Waals surface area contributed by atoms with E-state index in [0.29, 0.717) is 0 Å². The molecule has 0 aliphatic rings. The summed E-state index contributed by atoms with van der Waals surface area (Å²) in [5.41, 5.74) is -4.52. The minimum absolute atomic E-state index is 2.00. The maximum absolute atomic E-state index is 13.4. The van der Waals surface area contributed by atoms with E-state index in [4.69, 9.17) is 15.1 Å². The third-order valence-electron chi connectivity index (χ3n) is 3.34. The molecule has 172 valence electrons. The summed E-state index contributed by atoms with van der Waals surface area (Å²) in [7, 11) is -2.17. The predicted molar refractivity (Wildman–Crippen MR) is 90.3 cm³/mol. The Morgan fingerprint density at radius 2 is 0.469 bits per heavy atom. The van der Waals surface area contributed by atoms with Crippen LogP contribution in [0.1, 0.15) is 0 Å². The van der Waals surface area contributed by atoms with E-state index in [2.05, 4.69) is 0 Å². The summed E-state index contributed by atoms with van der Waals surface area (Å²) in [6.07, 6.45) is 0. The molecule has 0 radical (unpaired) electrons. The van der Waals surface area contributed by atoms with Crippen LogP contribution in [-0.4, -0.2) is 22.4 Å². The summed E-state index contributed by atoms with van der Waals surface area (Å²) in [6, 6.07) is 12.0. The molecule has 14 heteroatoms. The van der Waals surface area contributed by atoms with Crippen LogP contribution in [0, 0.1) is 58.2 Å². The Morgan fingerprint density at radius 3 is 0.625 bits per heavy atom. The lowest BCUT2D eigenvalue weighted by atomic mass is 10.0. The first kappa shape index (κ1) is 26.9. The first-order valence-electron chi connectivity index (χ1n) is 7.91. The molecule has 0 atom stereocenters. The van der Waals surface area contributed by atoms with Crippen LogP contribution in [0.5, 0.6) is 0 Å². The zero-order chi connectivity index (χ0) is 24.7. The van der Waals surface area contributed by atoms with E-state index in [1.807, 2.05) is 36.4 Å². The molecular weight excluding hydrogens is 465 g/mol. The van der Waals surface area contributed by atoms with Crippen LogP contribution in [0.4, 0.5) is 43.9 Å². The summed E-state index contributed by atoms with van der Waals surface area (Å²) in [4.78, 5) is 0. The van der Waals surface area contributed by atoms with Gasteiger partial charge in [-0.2, -0.15) is 0 Å². The average Bonchev–Trinajstić information content (AvgIpc) is 2.77. The second-order valence-electron chi connectivity index (χ2n) is 5.39. The molecule has 0 heterocycles. The minimum atomic E-state index is -2.68. The Morgan fingerprint density at radius 1 is 0.344 bits per heavy atom. The fourth-order valence-electron chi connectivity index (χ4n) is 2.03. The van der Waals surface area contributed by atoms with Gasteiger partial charge in [0.1, 0.15) is 0 Å². The van der Waals surface area contributed by atoms with Crippen molar-refractivity contribution in [3.8, 4) is 11.1 Å². The molecule has 0 aromatic heterocycles. The van der Waals surface area contributed by atoms with Gasteiger partial charge in [-0.1, -0.05) is 36.4 Å². The molecule has 3 aromatic carbocycles. The van der Waals surface area contributed by atoms with Crippen molar-refractivity contribution in [2.24, 2.45) is 0 Å². The lowest BCUT2D eigenvalue weighted by Crippen LogP contribution is -2.10. The van der Waals surface area contributed by atoms with E-state index in [9.17, 15) is 43.9 Å². The zero-order valence-corrected chi connectivity index (χ0v) is 15.2. The first-order valence-corrected chi connectivity index (χ1v) is 7.91. The molecule has 0 fully saturated rings. The highest BCUT2D eigenvalue weighted by Crippen LogP contribution is 2.37. The maximum atomic E-state index is 13.4. The number of hydrogen-bond donors (Lipinski definition) is 3. The molecule has 0 aliphatic heterocycles. The van der Waals surface area contributed by atoms with Gasteiger partial charge in [0, 0.05) is 0 Å². The van der Waals surface area contributed by atoms with Crippen molar-refractivity contribution >= 4 is 7.32 Å². The van der Waals surface area contributed by atoms with E-state index in [-0.39, 0.29) is 0 Å². The minimum Gasteiger partial charge on any atom is -0.402 e. The Hall–Kier alpha value is -3.10. The molecule has 0 aliphatic carbocycles. The molecule has 3 nitrogen and oxygen atoms in total. The van der Waals surface area contributed by atoms with E-state index >= 15 is 0 Å². The molecule has 32 heavy (non-hydrogen) atoms. The Kier molecular flexibility index (Phi) is 9.68. The summed E-state index contributed by atoms with van der Waals surface area (Å²) in [5, 5.41) is 21.5. The Labute approximate surface area is 173 Å². The van der Waals surface area contributed by atoms with Crippen LogP contribution in [0.2, 0.25) is 0 Å². The highest BCUT2D eigenvalue weighted by Gasteiger charge is 2.34. The fraction of sp³-hybridized carbons (Fsp3) is 0. The van der Waals surface area contributed by atoms with Gasteiger partial charge < -0.3 is 15.1 Å². The highest BCUT2D eigenvalue weighted by molar-refractivity contribution is 6.30. The Balaban J connectivity index is 0.000000422. The zero-order valence-electron chi connectivity index (χ0n) is 15.2. The van der Waals surface area contributed by atoms with Crippen molar-refractivity contribution in [2.45, 2.75) is 0 Å². The van der Waals surface area contributed by atoms with Gasteiger partial charge in [-0.3, -0.25) is 0 Å². The van der Waals surface area contributed by atoms with Crippen LogP contribution >= 0.6 is 0 Å². The second-order valence-corrected chi connectivity index (χ2v) is 5.39. The van der Waals surface area contributed by atoms with Crippen molar-refractivity contribution in [1.29, 1.82) is 0 Å². The van der Waals surface area contributed by atoms with Gasteiger partial charge in [-0.05, 0) is 0 Å². The summed E-state index contributed by atoms with van der Waals surface area (Å²) < 4.78 is 131. The summed E-state index contributed by atoms with van der Waals surface area (Å²) in [6.45, 7) is 0. The van der Waals surface area contributed by atoms with Gasteiger partial charge in [-0.15, -0.1) is 0 Å². The molecule has 3 rings (SSSR count). The summed E-state index contributed by atoms with van der Waals surface area (Å²) in [5.74, 6) is -26.6. The van der Waals surface area contributed by atoms with Crippen LogP contribution in [-0.2, 0) is 0 Å². The average molecular weight is 474 g/mol. The highest BCUT2D eigenvalue weighted by atomic mass is 19.2. The third kappa shape index (κ3) is 5.99. The van der Waals surface area contributed by atoms with Crippen LogP contribution < -0.4 is 0 Å². The summed E-state index contributed by atoms with van der Waals surface area (Å²) >= 11 is 0. The van der Waals surface area contributed by atoms with Gasteiger partial charge >= 0.3 is 7.32 Å². The molecule has 0 unspecified atom stereocenters. The molecule has 0 saturated heterocycles. The van der Waals surface area contributed by atoms with E-state index < -0.39 is 76.6 Å². The molecule has 0 saturated carbocycles. The number of benzene rings is 3. The molecule has 0 spiro atoms. The smallest absolute Gasteiger partial charge is 0.402 e. The van der Waals surface area contributed by atoms with Crippen molar-refractivity contribution in [3.05, 3.63) is 94.6 Å². The van der Waals surface area contributed by atoms with Crippen molar-refractivity contribution in [1.82, 2.24) is 0 Å². The number of rotatable bonds is 1. The fourth-order valence-corrected chi connectivity index (χ4v) is 2.03. The van der Waals surface area contributed by atoms with Gasteiger partial charge in [0.05, 0.1) is 11.1 Å². The topological polar surface area (TPSA) is 60.7 Å². The molecule has 0 amide bonds. The van der Waals surface area contributed by atoms with E-state index in [1.165, 1.54) is 0 Å². The van der Waals surface area contributed by atoms with Gasteiger partial charge in [-0.25, -0.2) is 43.9 Å². The maximum Gasteiger partial charge on any atom is 0.631 e. The SMILES string of the molecule is Fc1c(F)c(F)c(-c2c(F)c(F)c(F)c(F)c2F)c(F)c1F.OB(O)O.c1ccccc1. The first-order chi connectivity index (χ1) is 14.8. The molecule has 0 bridgehead atoms. The third-order valence-corrected chi connectivity index (χ3v) is 3.34. The van der Waals surface area contributed by atoms with Crippen LogP contribution in [0.15, 0.2) is 36.4 Å². The molecular formula is C18H9BF10O3. The second kappa shape index (κ2) is 11.5. The van der Waals surface area contributed by atoms with Gasteiger partial charge in [0.15, 0.2) is 46.5 Å². The largest absolute Gasteiger partial charge is 0.631 e. The molecule has 3 N–H and O–H groups in total. The Bertz CT molecular complexity index is 926. The van der Waals surface area contributed by atoms with E-state index in [1.54, 1.807) is 0 Å². The van der Waals surface area contributed by atoms with Crippen LogP contribution in [0.3, 0.4) is 0 Å². The predicted octanol–water partition coefficient (Wildman–Crippen LogP) is 4.38. The van der Waals surface area contributed by atoms with Gasteiger partial charge in [0.25, 0.3) is 0 Å². The van der Waals surface area contributed by atoms with Crippen molar-refractivity contribution in [3.63, 3.8) is 0 Å². The van der Waals surface area contributed by atoms with Crippen molar-refractivity contribution in [2.75, 3.05) is 0 Å². The monoisotopic (exact) mass is 474 g/mol. The normalized spacial score (nSPS) is 10.0. The lowest BCUT2D eigenvalue weighted by Gasteiger charge is -2.11. The standard InChI is InChI=1S/C12F10.C6H6.BH3O3/c13-3-1(4(14)8(18)11(21)7(3)17)2-5(15)9(19)12(22)10(20)6(2)16;1-2-4-6-5-3-1;2-1(3)4/h;1-6H;2-4H. The number of hydrogen-bond acceptors (Lipinski definition) is 3. The molecule has 3 aromatic rings. The number of halogens is 10. The van der Waals surface area contributed by atoms with E-state index in [0.717, 1.165) is 0 Å². The van der Waals surface area contributed by atoms with Crippen molar-refractivity contribution < 1.29 is 59.0 Å². The van der Waals surface area contributed by atoms with Crippen LogP contribution in [0.25, 0.3) is 11.1 Å².